The van der Waals surface area contributed by atoms with Crippen LogP contribution in [0.5, 0.6) is 0 Å². The molecule has 3 nitrogen and oxygen atoms in total. The molecule has 1 unspecified atom stereocenters. The third-order valence-corrected chi connectivity index (χ3v) is 4.13. The lowest BCUT2D eigenvalue weighted by Gasteiger charge is -2.38. The molecule has 0 aromatic heterocycles. The zero-order valence-corrected chi connectivity index (χ0v) is 8.86. The Labute approximate surface area is 83.5 Å². The van der Waals surface area contributed by atoms with Crippen molar-refractivity contribution in [3.63, 3.8) is 0 Å². The number of ether oxygens (including phenoxy) is 2. The number of rotatable bonds is 0. The number of hydrogen-bond donors (Lipinski definition) is 1. The van der Waals surface area contributed by atoms with Gasteiger partial charge in [0.25, 0.3) is 0 Å². The molecule has 1 atom stereocenters. The molecule has 2 rings (SSSR count). The van der Waals surface area contributed by atoms with Crippen LogP contribution in [0.25, 0.3) is 0 Å². The summed E-state index contributed by atoms with van der Waals surface area (Å²) in [5.74, 6) is 1.97. The maximum absolute atomic E-state index is 5.51. The average Bonchev–Trinajstić information content (AvgIpc) is 2.37. The van der Waals surface area contributed by atoms with Crippen molar-refractivity contribution in [2.75, 3.05) is 38.7 Å². The molecular formula is C9H17NO2S. The SMILES string of the molecule is CC1CNC2(COCCOC2)SC1. The van der Waals surface area contributed by atoms with Gasteiger partial charge in [0.05, 0.1) is 26.4 Å². The van der Waals surface area contributed by atoms with Gasteiger partial charge in [-0.25, -0.2) is 0 Å². The van der Waals surface area contributed by atoms with Crippen molar-refractivity contribution in [3.8, 4) is 0 Å². The smallest absolute Gasteiger partial charge is 0.112 e. The van der Waals surface area contributed by atoms with Gasteiger partial charge in [0.15, 0.2) is 0 Å². The van der Waals surface area contributed by atoms with E-state index in [1.807, 2.05) is 11.8 Å². The van der Waals surface area contributed by atoms with Gasteiger partial charge in [0.2, 0.25) is 0 Å². The van der Waals surface area contributed by atoms with E-state index in [2.05, 4.69) is 12.2 Å². The lowest BCUT2D eigenvalue weighted by atomic mass is 10.2. The molecule has 13 heavy (non-hydrogen) atoms. The first-order valence-electron chi connectivity index (χ1n) is 4.85. The molecule has 1 spiro atoms. The molecule has 0 bridgehead atoms. The molecule has 0 aromatic rings. The fourth-order valence-corrected chi connectivity index (χ4v) is 2.83. The Morgan fingerprint density at radius 1 is 1.31 bits per heavy atom. The van der Waals surface area contributed by atoms with E-state index in [1.54, 1.807) is 0 Å². The number of thioether (sulfide) groups is 1. The van der Waals surface area contributed by atoms with Gasteiger partial charge >= 0.3 is 0 Å². The lowest BCUT2D eigenvalue weighted by molar-refractivity contribution is 0.103. The van der Waals surface area contributed by atoms with Gasteiger partial charge in [-0.15, -0.1) is 11.8 Å². The first-order chi connectivity index (χ1) is 6.31. The van der Waals surface area contributed by atoms with Crippen LogP contribution in [0.2, 0.25) is 0 Å². The van der Waals surface area contributed by atoms with Crippen molar-refractivity contribution in [3.05, 3.63) is 0 Å². The summed E-state index contributed by atoms with van der Waals surface area (Å²) in [5, 5.41) is 3.54. The van der Waals surface area contributed by atoms with E-state index < -0.39 is 0 Å². The van der Waals surface area contributed by atoms with Crippen LogP contribution in [0.4, 0.5) is 0 Å². The van der Waals surface area contributed by atoms with Gasteiger partial charge in [-0.2, -0.15) is 0 Å². The molecule has 0 radical (unpaired) electrons. The molecular weight excluding hydrogens is 186 g/mol. The van der Waals surface area contributed by atoms with Crippen molar-refractivity contribution in [2.45, 2.75) is 11.8 Å². The van der Waals surface area contributed by atoms with Crippen LogP contribution >= 0.6 is 11.8 Å². The van der Waals surface area contributed by atoms with Crippen LogP contribution in [0.1, 0.15) is 6.92 Å². The van der Waals surface area contributed by atoms with E-state index in [0.717, 1.165) is 38.9 Å². The van der Waals surface area contributed by atoms with E-state index >= 15 is 0 Å². The largest absolute Gasteiger partial charge is 0.376 e. The van der Waals surface area contributed by atoms with Gasteiger partial charge in [0.1, 0.15) is 4.87 Å². The van der Waals surface area contributed by atoms with Gasteiger partial charge in [-0.3, -0.25) is 5.32 Å². The Hall–Kier alpha value is 0.230. The van der Waals surface area contributed by atoms with E-state index in [0.29, 0.717) is 0 Å². The first-order valence-corrected chi connectivity index (χ1v) is 5.84. The van der Waals surface area contributed by atoms with Crippen LogP contribution in [0.3, 0.4) is 0 Å². The third-order valence-electron chi connectivity index (χ3n) is 2.46. The highest BCUT2D eigenvalue weighted by Gasteiger charge is 2.36. The molecule has 0 aliphatic carbocycles. The fraction of sp³-hybridized carbons (Fsp3) is 1.00. The van der Waals surface area contributed by atoms with Crippen LogP contribution in [-0.2, 0) is 9.47 Å². The predicted octanol–water partition coefficient (Wildman–Crippen LogP) is 0.702. The molecule has 0 amide bonds. The molecule has 2 heterocycles. The monoisotopic (exact) mass is 203 g/mol. The van der Waals surface area contributed by atoms with Crippen molar-refractivity contribution in [1.29, 1.82) is 0 Å². The quantitative estimate of drug-likeness (QED) is 0.628. The minimum Gasteiger partial charge on any atom is -0.376 e. The van der Waals surface area contributed by atoms with Crippen LogP contribution in [0, 0.1) is 5.92 Å². The standard InChI is InChI=1S/C9H17NO2S/c1-8-4-10-9(13-5-8)6-11-2-3-12-7-9/h8,10H,2-7H2,1H3. The summed E-state index contributed by atoms with van der Waals surface area (Å²) in [4.78, 5) is 0.0447. The zero-order chi connectivity index (χ0) is 9.15. The topological polar surface area (TPSA) is 30.5 Å². The molecule has 0 saturated carbocycles. The Morgan fingerprint density at radius 3 is 2.54 bits per heavy atom. The summed E-state index contributed by atoms with van der Waals surface area (Å²) in [7, 11) is 0. The first kappa shape index (κ1) is 9.77. The molecule has 4 heteroatoms. The minimum absolute atomic E-state index is 0.0447. The Kier molecular flexibility index (Phi) is 3.14. The van der Waals surface area contributed by atoms with E-state index in [9.17, 15) is 0 Å². The fourth-order valence-electron chi connectivity index (χ4n) is 1.59. The Morgan fingerprint density at radius 2 is 2.00 bits per heavy atom. The van der Waals surface area contributed by atoms with Crippen LogP contribution in [0.15, 0.2) is 0 Å². The van der Waals surface area contributed by atoms with Crippen LogP contribution < -0.4 is 5.32 Å². The van der Waals surface area contributed by atoms with Gasteiger partial charge < -0.3 is 9.47 Å². The molecule has 2 saturated heterocycles. The normalized spacial score (nSPS) is 34.4. The summed E-state index contributed by atoms with van der Waals surface area (Å²) in [5.41, 5.74) is 0. The molecule has 0 aromatic carbocycles. The van der Waals surface area contributed by atoms with Crippen molar-refractivity contribution >= 4 is 11.8 Å². The Bertz CT molecular complexity index is 159. The average molecular weight is 203 g/mol. The molecule has 76 valence electrons. The van der Waals surface area contributed by atoms with Crippen molar-refractivity contribution < 1.29 is 9.47 Å². The minimum atomic E-state index is 0.0447. The second kappa shape index (κ2) is 4.17. The highest BCUT2D eigenvalue weighted by atomic mass is 32.2. The lowest BCUT2D eigenvalue weighted by Crippen LogP contribution is -2.54. The molecule has 1 N–H and O–H groups in total. The summed E-state index contributed by atoms with van der Waals surface area (Å²) in [6, 6.07) is 0. The highest BCUT2D eigenvalue weighted by Crippen LogP contribution is 2.30. The molecule has 2 fully saturated rings. The summed E-state index contributed by atoms with van der Waals surface area (Å²) < 4.78 is 11.0. The van der Waals surface area contributed by atoms with Gasteiger partial charge in [-0.05, 0) is 18.2 Å². The van der Waals surface area contributed by atoms with Gasteiger partial charge in [-0.1, -0.05) is 6.92 Å². The predicted molar refractivity (Wildman–Crippen MR) is 54.0 cm³/mol. The Balaban J connectivity index is 1.93. The molecule has 2 aliphatic heterocycles. The maximum Gasteiger partial charge on any atom is 0.112 e. The third kappa shape index (κ3) is 2.37. The van der Waals surface area contributed by atoms with E-state index in [-0.39, 0.29) is 4.87 Å². The second-order valence-corrected chi connectivity index (χ2v) is 5.30. The summed E-state index contributed by atoms with van der Waals surface area (Å²) >= 11 is 1.95. The van der Waals surface area contributed by atoms with E-state index in [1.165, 1.54) is 5.75 Å². The number of nitrogens with one attached hydrogen (secondary N) is 1. The zero-order valence-electron chi connectivity index (χ0n) is 8.04. The highest BCUT2D eigenvalue weighted by molar-refractivity contribution is 8.00. The summed E-state index contributed by atoms with van der Waals surface area (Å²) in [6.07, 6.45) is 0. The maximum atomic E-state index is 5.51. The summed E-state index contributed by atoms with van der Waals surface area (Å²) in [6.45, 7) is 6.39. The van der Waals surface area contributed by atoms with Crippen LogP contribution in [-0.4, -0.2) is 43.6 Å². The second-order valence-electron chi connectivity index (χ2n) is 3.90. The van der Waals surface area contributed by atoms with Crippen molar-refractivity contribution in [1.82, 2.24) is 5.32 Å². The molecule has 2 aliphatic rings. The van der Waals surface area contributed by atoms with E-state index in [4.69, 9.17) is 9.47 Å². The van der Waals surface area contributed by atoms with Crippen molar-refractivity contribution in [2.24, 2.45) is 5.92 Å². The van der Waals surface area contributed by atoms with Gasteiger partial charge in [0, 0.05) is 0 Å². The number of hydrogen-bond acceptors (Lipinski definition) is 4.